The predicted octanol–water partition coefficient (Wildman–Crippen LogP) is 2.92. The van der Waals surface area contributed by atoms with Crippen molar-refractivity contribution in [3.8, 4) is 0 Å². The fourth-order valence-electron chi connectivity index (χ4n) is 2.02. The van der Waals surface area contributed by atoms with Gasteiger partial charge in [0.25, 0.3) is 0 Å². The molecule has 0 fully saturated rings. The largest absolute Gasteiger partial charge is 0.383 e. The molecule has 0 amide bonds. The lowest BCUT2D eigenvalue weighted by Gasteiger charge is -2.02. The molecule has 3 aromatic rings. The summed E-state index contributed by atoms with van der Waals surface area (Å²) in [7, 11) is 1.91. The van der Waals surface area contributed by atoms with Crippen molar-refractivity contribution in [3.63, 3.8) is 0 Å². The lowest BCUT2D eigenvalue weighted by molar-refractivity contribution is 0.767. The number of anilines is 1. The molecular weight excluding hydrogens is 290 g/mol. The van der Waals surface area contributed by atoms with E-state index in [1.165, 1.54) is 10.4 Å². The molecule has 5 nitrogen and oxygen atoms in total. The Morgan fingerprint density at radius 1 is 1.35 bits per heavy atom. The summed E-state index contributed by atoms with van der Waals surface area (Å²) in [4.78, 5) is 11.2. The predicted molar refractivity (Wildman–Crippen MR) is 84.1 cm³/mol. The van der Waals surface area contributed by atoms with Crippen LogP contribution in [0.15, 0.2) is 17.6 Å². The minimum Gasteiger partial charge on any atom is -0.383 e. The van der Waals surface area contributed by atoms with Crippen molar-refractivity contribution in [1.29, 1.82) is 0 Å². The van der Waals surface area contributed by atoms with Gasteiger partial charge in [0.1, 0.15) is 10.6 Å². The molecule has 3 aromatic heterocycles. The highest BCUT2D eigenvalue weighted by Gasteiger charge is 2.13. The number of thiophene rings is 1. The number of thioether (sulfide) groups is 1. The first kappa shape index (κ1) is 13.4. The second-order valence-electron chi connectivity index (χ2n) is 4.67. The highest BCUT2D eigenvalue weighted by molar-refractivity contribution is 7.98. The van der Waals surface area contributed by atoms with Gasteiger partial charge >= 0.3 is 0 Å². The van der Waals surface area contributed by atoms with Crippen LogP contribution >= 0.6 is 23.1 Å². The van der Waals surface area contributed by atoms with Gasteiger partial charge in [-0.05, 0) is 19.4 Å². The van der Waals surface area contributed by atoms with E-state index in [9.17, 15) is 0 Å². The van der Waals surface area contributed by atoms with E-state index in [0.717, 1.165) is 26.7 Å². The van der Waals surface area contributed by atoms with Gasteiger partial charge in [-0.15, -0.1) is 11.3 Å². The summed E-state index contributed by atoms with van der Waals surface area (Å²) >= 11 is 3.25. The third-order valence-electron chi connectivity index (χ3n) is 3.16. The van der Waals surface area contributed by atoms with Crippen LogP contribution in [0.5, 0.6) is 0 Å². The molecule has 7 heteroatoms. The van der Waals surface area contributed by atoms with Crippen LogP contribution in [-0.4, -0.2) is 19.7 Å². The monoisotopic (exact) mass is 305 g/mol. The number of rotatable bonds is 3. The van der Waals surface area contributed by atoms with Crippen LogP contribution in [0.2, 0.25) is 0 Å². The number of nitrogens with zero attached hydrogens (tertiary/aromatic N) is 4. The number of hydrogen-bond donors (Lipinski definition) is 1. The molecule has 0 atom stereocenters. The van der Waals surface area contributed by atoms with Crippen molar-refractivity contribution < 1.29 is 0 Å². The third kappa shape index (κ3) is 2.38. The molecule has 0 unspecified atom stereocenters. The van der Waals surface area contributed by atoms with E-state index in [2.05, 4.69) is 28.9 Å². The molecule has 0 saturated heterocycles. The average Bonchev–Trinajstić information content (AvgIpc) is 2.92. The van der Waals surface area contributed by atoms with Crippen LogP contribution in [0.25, 0.3) is 10.2 Å². The molecular formula is C13H15N5S2. The van der Waals surface area contributed by atoms with Crippen molar-refractivity contribution in [2.75, 3.05) is 5.73 Å². The first-order chi connectivity index (χ1) is 9.54. The second-order valence-corrected chi connectivity index (χ2v) is 6.81. The molecule has 0 radical (unpaired) electrons. The van der Waals surface area contributed by atoms with Gasteiger partial charge in [-0.1, -0.05) is 11.8 Å². The fourth-order valence-corrected chi connectivity index (χ4v) is 3.88. The van der Waals surface area contributed by atoms with E-state index >= 15 is 0 Å². The number of aryl methyl sites for hydroxylation is 3. The molecule has 0 bridgehead atoms. The lowest BCUT2D eigenvalue weighted by Crippen LogP contribution is -1.96. The molecule has 3 rings (SSSR count). The Morgan fingerprint density at radius 3 is 2.85 bits per heavy atom. The summed E-state index contributed by atoms with van der Waals surface area (Å²) in [5.41, 5.74) is 8.41. The standard InChI is InChI=1S/C13H15N5S2/c1-7-8(2)20-12-10(7)11(14)16-13(17-12)19-6-9-4-15-18(3)5-9/h4-5H,6H2,1-3H3,(H2,14,16,17). The third-order valence-corrected chi connectivity index (χ3v) is 5.18. The van der Waals surface area contributed by atoms with Crippen LogP contribution in [-0.2, 0) is 12.8 Å². The smallest absolute Gasteiger partial charge is 0.191 e. The van der Waals surface area contributed by atoms with E-state index in [-0.39, 0.29) is 0 Å². The van der Waals surface area contributed by atoms with Gasteiger partial charge < -0.3 is 5.73 Å². The van der Waals surface area contributed by atoms with E-state index in [1.807, 2.05) is 19.4 Å². The van der Waals surface area contributed by atoms with Gasteiger partial charge in [0.05, 0.1) is 11.6 Å². The summed E-state index contributed by atoms with van der Waals surface area (Å²) in [6.45, 7) is 4.15. The summed E-state index contributed by atoms with van der Waals surface area (Å²) in [6.07, 6.45) is 3.85. The Morgan fingerprint density at radius 2 is 2.15 bits per heavy atom. The Bertz CT molecular complexity index is 775. The van der Waals surface area contributed by atoms with Gasteiger partial charge in [-0.25, -0.2) is 9.97 Å². The highest BCUT2D eigenvalue weighted by Crippen LogP contribution is 2.33. The zero-order valence-electron chi connectivity index (χ0n) is 11.5. The number of hydrogen-bond acceptors (Lipinski definition) is 6. The Hall–Kier alpha value is -1.60. The van der Waals surface area contributed by atoms with Crippen molar-refractivity contribution in [2.45, 2.75) is 24.8 Å². The van der Waals surface area contributed by atoms with Crippen molar-refractivity contribution >= 4 is 39.1 Å². The van der Waals surface area contributed by atoms with Crippen LogP contribution in [0.1, 0.15) is 16.0 Å². The average molecular weight is 305 g/mol. The maximum atomic E-state index is 6.07. The molecule has 0 aliphatic heterocycles. The quantitative estimate of drug-likeness (QED) is 0.595. The van der Waals surface area contributed by atoms with Crippen LogP contribution < -0.4 is 5.73 Å². The first-order valence-electron chi connectivity index (χ1n) is 6.18. The van der Waals surface area contributed by atoms with Gasteiger partial charge in [0, 0.05) is 29.4 Å². The molecule has 3 heterocycles. The minimum atomic E-state index is 0.575. The summed E-state index contributed by atoms with van der Waals surface area (Å²) in [5, 5.41) is 5.87. The van der Waals surface area contributed by atoms with E-state index in [0.29, 0.717) is 5.82 Å². The zero-order chi connectivity index (χ0) is 14.3. The Balaban J connectivity index is 1.89. The highest BCUT2D eigenvalue weighted by atomic mass is 32.2. The fraction of sp³-hybridized carbons (Fsp3) is 0.308. The molecule has 0 aliphatic rings. The van der Waals surface area contributed by atoms with Crippen LogP contribution in [0, 0.1) is 13.8 Å². The van der Waals surface area contributed by atoms with Crippen molar-refractivity contribution in [2.24, 2.45) is 7.05 Å². The topological polar surface area (TPSA) is 69.6 Å². The lowest BCUT2D eigenvalue weighted by atomic mass is 10.2. The van der Waals surface area contributed by atoms with Gasteiger partial charge in [0.15, 0.2) is 5.16 Å². The summed E-state index contributed by atoms with van der Waals surface area (Å²) in [5.74, 6) is 1.37. The minimum absolute atomic E-state index is 0.575. The van der Waals surface area contributed by atoms with Gasteiger partial charge in [-0.3, -0.25) is 4.68 Å². The van der Waals surface area contributed by atoms with Gasteiger partial charge in [0.2, 0.25) is 0 Å². The molecule has 0 saturated carbocycles. The van der Waals surface area contributed by atoms with Gasteiger partial charge in [-0.2, -0.15) is 5.10 Å². The Labute approximate surface area is 125 Å². The molecule has 0 spiro atoms. The molecule has 0 aliphatic carbocycles. The molecule has 20 heavy (non-hydrogen) atoms. The number of nitrogens with two attached hydrogens (primary N) is 1. The second kappa shape index (κ2) is 5.06. The molecule has 0 aromatic carbocycles. The normalized spacial score (nSPS) is 11.3. The van der Waals surface area contributed by atoms with E-state index in [1.54, 1.807) is 27.8 Å². The number of nitrogen functional groups attached to an aromatic ring is 1. The molecule has 104 valence electrons. The first-order valence-corrected chi connectivity index (χ1v) is 7.98. The number of aromatic nitrogens is 4. The van der Waals surface area contributed by atoms with E-state index in [4.69, 9.17) is 5.73 Å². The van der Waals surface area contributed by atoms with Crippen molar-refractivity contribution in [1.82, 2.24) is 19.7 Å². The zero-order valence-corrected chi connectivity index (χ0v) is 13.2. The van der Waals surface area contributed by atoms with Crippen molar-refractivity contribution in [3.05, 3.63) is 28.4 Å². The number of fused-ring (bicyclic) bond motifs is 1. The maximum Gasteiger partial charge on any atom is 0.191 e. The van der Waals surface area contributed by atoms with Crippen LogP contribution in [0.4, 0.5) is 5.82 Å². The summed E-state index contributed by atoms with van der Waals surface area (Å²) in [6, 6.07) is 0. The maximum absolute atomic E-state index is 6.07. The molecule has 2 N–H and O–H groups in total. The van der Waals surface area contributed by atoms with Crippen LogP contribution in [0.3, 0.4) is 0 Å². The Kier molecular flexibility index (Phi) is 3.39. The summed E-state index contributed by atoms with van der Waals surface area (Å²) < 4.78 is 1.79. The van der Waals surface area contributed by atoms with E-state index < -0.39 is 0 Å². The SMILES string of the molecule is Cc1sc2nc(SCc3cnn(C)c3)nc(N)c2c1C.